The quantitative estimate of drug-likeness (QED) is 0.354. The van der Waals surface area contributed by atoms with E-state index >= 15 is 0 Å². The van der Waals surface area contributed by atoms with Gasteiger partial charge < -0.3 is 9.47 Å². The van der Waals surface area contributed by atoms with Gasteiger partial charge in [0.1, 0.15) is 0 Å². The Morgan fingerprint density at radius 2 is 1.87 bits per heavy atom. The van der Waals surface area contributed by atoms with Crippen molar-refractivity contribution in [1.82, 2.24) is 0 Å². The fourth-order valence-electron chi connectivity index (χ4n) is 1.81. The van der Waals surface area contributed by atoms with E-state index in [-0.39, 0.29) is 18.2 Å². The molecule has 0 spiro atoms. The van der Waals surface area contributed by atoms with Gasteiger partial charge in [0.25, 0.3) is 0 Å². The molecule has 0 aliphatic carbocycles. The summed E-state index contributed by atoms with van der Waals surface area (Å²) in [6, 6.07) is 0. The third-order valence-electron chi connectivity index (χ3n) is 2.86. The number of carbonyl (C=O) groups is 1. The van der Waals surface area contributed by atoms with Crippen molar-refractivity contribution in [3.8, 4) is 0 Å². The number of ether oxygens (including phenoxy) is 2. The van der Waals surface area contributed by atoms with Gasteiger partial charge in [-0.15, -0.1) is 0 Å². The van der Waals surface area contributed by atoms with E-state index in [1.807, 2.05) is 0 Å². The average molecular weight is 214 g/mol. The summed E-state index contributed by atoms with van der Waals surface area (Å²) in [5, 5.41) is 0. The number of hydrogen-bond donors (Lipinski definition) is 0. The maximum Gasteiger partial charge on any atom is 0.337 e. The van der Waals surface area contributed by atoms with Crippen molar-refractivity contribution in [2.75, 3.05) is 7.11 Å². The minimum absolute atomic E-state index is 0.142. The molecule has 3 heteroatoms. The minimum Gasteiger partial charge on any atom is -0.467 e. The smallest absolute Gasteiger partial charge is 0.337 e. The Morgan fingerprint density at radius 1 is 1.20 bits per heavy atom. The maximum atomic E-state index is 11.0. The number of hydrogen-bond acceptors (Lipinski definition) is 3. The zero-order valence-corrected chi connectivity index (χ0v) is 9.83. The van der Waals surface area contributed by atoms with Gasteiger partial charge in [0, 0.05) is 0 Å². The van der Waals surface area contributed by atoms with Crippen molar-refractivity contribution < 1.29 is 14.3 Å². The van der Waals surface area contributed by atoms with Crippen LogP contribution in [0.1, 0.15) is 51.9 Å². The van der Waals surface area contributed by atoms with Gasteiger partial charge in [-0.3, -0.25) is 0 Å². The number of epoxide rings is 1. The maximum absolute atomic E-state index is 11.0. The van der Waals surface area contributed by atoms with Crippen molar-refractivity contribution in [3.63, 3.8) is 0 Å². The van der Waals surface area contributed by atoms with Gasteiger partial charge in [0.15, 0.2) is 6.10 Å². The molecule has 1 saturated heterocycles. The Kier molecular flexibility index (Phi) is 5.69. The molecule has 3 nitrogen and oxygen atoms in total. The van der Waals surface area contributed by atoms with Crippen LogP contribution in [0.2, 0.25) is 0 Å². The zero-order valence-electron chi connectivity index (χ0n) is 9.83. The summed E-state index contributed by atoms with van der Waals surface area (Å²) in [5.74, 6) is -0.217. The van der Waals surface area contributed by atoms with Crippen LogP contribution in [-0.2, 0) is 14.3 Å². The summed E-state index contributed by atoms with van der Waals surface area (Å²) in [4.78, 5) is 11.0. The molecular weight excluding hydrogens is 192 g/mol. The Labute approximate surface area is 92.1 Å². The predicted molar refractivity (Wildman–Crippen MR) is 58.7 cm³/mol. The van der Waals surface area contributed by atoms with E-state index in [0.717, 1.165) is 6.42 Å². The van der Waals surface area contributed by atoms with E-state index in [0.29, 0.717) is 0 Å². The highest BCUT2D eigenvalue weighted by Crippen LogP contribution is 2.28. The van der Waals surface area contributed by atoms with E-state index < -0.39 is 0 Å². The van der Waals surface area contributed by atoms with E-state index in [9.17, 15) is 4.79 Å². The molecule has 0 saturated carbocycles. The van der Waals surface area contributed by atoms with Crippen LogP contribution in [0.4, 0.5) is 0 Å². The number of rotatable bonds is 8. The van der Waals surface area contributed by atoms with Crippen molar-refractivity contribution in [1.29, 1.82) is 0 Å². The molecular formula is C12H22O3. The van der Waals surface area contributed by atoms with E-state index in [2.05, 4.69) is 11.7 Å². The lowest BCUT2D eigenvalue weighted by atomic mass is 10.1. The van der Waals surface area contributed by atoms with Gasteiger partial charge in [0.05, 0.1) is 13.2 Å². The summed E-state index contributed by atoms with van der Waals surface area (Å²) in [7, 11) is 1.41. The topological polar surface area (TPSA) is 38.8 Å². The van der Waals surface area contributed by atoms with E-state index in [1.165, 1.54) is 45.6 Å². The largest absolute Gasteiger partial charge is 0.467 e. The highest BCUT2D eigenvalue weighted by molar-refractivity contribution is 5.77. The van der Waals surface area contributed by atoms with Gasteiger partial charge >= 0.3 is 5.97 Å². The number of esters is 1. The number of unbranched alkanes of at least 4 members (excludes halogenated alkanes) is 5. The van der Waals surface area contributed by atoms with Crippen LogP contribution in [0, 0.1) is 0 Å². The molecule has 0 radical (unpaired) electrons. The molecule has 0 aromatic heterocycles. The molecule has 1 rings (SSSR count). The molecule has 0 unspecified atom stereocenters. The van der Waals surface area contributed by atoms with Gasteiger partial charge in [0.2, 0.25) is 0 Å². The second kappa shape index (κ2) is 6.83. The van der Waals surface area contributed by atoms with Gasteiger partial charge in [-0.1, -0.05) is 45.4 Å². The van der Waals surface area contributed by atoms with E-state index in [4.69, 9.17) is 4.74 Å². The summed E-state index contributed by atoms with van der Waals surface area (Å²) in [6.45, 7) is 2.22. The SMILES string of the molecule is CCCCCCCC[C@H]1O[C@H]1C(=O)OC. The zero-order chi connectivity index (χ0) is 11.1. The van der Waals surface area contributed by atoms with Crippen molar-refractivity contribution in [3.05, 3.63) is 0 Å². The summed E-state index contributed by atoms with van der Waals surface area (Å²) in [5.41, 5.74) is 0. The molecule has 2 atom stereocenters. The minimum atomic E-state index is -0.259. The first-order valence-corrected chi connectivity index (χ1v) is 6.03. The molecule has 1 aliphatic rings. The second-order valence-corrected chi connectivity index (χ2v) is 4.17. The highest BCUT2D eigenvalue weighted by Gasteiger charge is 2.45. The second-order valence-electron chi connectivity index (χ2n) is 4.17. The molecule has 0 bridgehead atoms. The van der Waals surface area contributed by atoms with Crippen LogP contribution in [0.5, 0.6) is 0 Å². The first-order valence-electron chi connectivity index (χ1n) is 6.03. The number of methoxy groups -OCH3 is 1. The number of carbonyl (C=O) groups excluding carboxylic acids is 1. The normalized spacial score (nSPS) is 23.9. The predicted octanol–water partition coefficient (Wildman–Crippen LogP) is 2.68. The highest BCUT2D eigenvalue weighted by atomic mass is 16.6. The van der Waals surface area contributed by atoms with Crippen LogP contribution in [0.15, 0.2) is 0 Å². The first-order chi connectivity index (χ1) is 7.29. The molecule has 1 heterocycles. The summed E-state index contributed by atoms with van der Waals surface area (Å²) < 4.78 is 9.82. The van der Waals surface area contributed by atoms with Crippen LogP contribution in [0.25, 0.3) is 0 Å². The van der Waals surface area contributed by atoms with Crippen LogP contribution >= 0.6 is 0 Å². The third-order valence-corrected chi connectivity index (χ3v) is 2.86. The fourth-order valence-corrected chi connectivity index (χ4v) is 1.81. The van der Waals surface area contributed by atoms with Crippen LogP contribution in [0.3, 0.4) is 0 Å². The fraction of sp³-hybridized carbons (Fsp3) is 0.917. The Balaban J connectivity index is 1.88. The molecule has 0 aromatic rings. The Bertz CT molecular complexity index is 191. The molecule has 88 valence electrons. The summed E-state index contributed by atoms with van der Waals surface area (Å²) >= 11 is 0. The van der Waals surface area contributed by atoms with Crippen LogP contribution in [-0.4, -0.2) is 25.3 Å². The molecule has 0 N–H and O–H groups in total. The monoisotopic (exact) mass is 214 g/mol. The standard InChI is InChI=1S/C12H22O3/c1-3-4-5-6-7-8-9-10-11(15-10)12(13)14-2/h10-11H,3-9H2,1-2H3/t10-,11-/m1/s1. The van der Waals surface area contributed by atoms with Gasteiger partial charge in [-0.05, 0) is 6.42 Å². The Morgan fingerprint density at radius 3 is 2.53 bits per heavy atom. The van der Waals surface area contributed by atoms with Gasteiger partial charge in [-0.2, -0.15) is 0 Å². The lowest BCUT2D eigenvalue weighted by Crippen LogP contribution is -2.11. The lowest BCUT2D eigenvalue weighted by molar-refractivity contribution is -0.142. The van der Waals surface area contributed by atoms with Crippen molar-refractivity contribution >= 4 is 5.97 Å². The van der Waals surface area contributed by atoms with Crippen LogP contribution < -0.4 is 0 Å². The average Bonchev–Trinajstić information content (AvgIpc) is 3.01. The first kappa shape index (κ1) is 12.5. The third kappa shape index (κ3) is 4.65. The van der Waals surface area contributed by atoms with Gasteiger partial charge in [-0.25, -0.2) is 4.79 Å². The molecule has 15 heavy (non-hydrogen) atoms. The lowest BCUT2D eigenvalue weighted by Gasteiger charge is -1.98. The molecule has 0 amide bonds. The molecule has 1 aliphatic heterocycles. The van der Waals surface area contributed by atoms with E-state index in [1.54, 1.807) is 0 Å². The molecule has 0 aromatic carbocycles. The van der Waals surface area contributed by atoms with Crippen molar-refractivity contribution in [2.45, 2.75) is 64.1 Å². The summed E-state index contributed by atoms with van der Waals surface area (Å²) in [6.07, 6.45) is 8.59. The Hall–Kier alpha value is -0.570. The molecule has 1 fully saturated rings. The van der Waals surface area contributed by atoms with Crippen molar-refractivity contribution in [2.24, 2.45) is 0 Å².